The van der Waals surface area contributed by atoms with E-state index in [2.05, 4.69) is 36.6 Å². The molecule has 0 saturated carbocycles. The van der Waals surface area contributed by atoms with Crippen LogP contribution in [0.4, 0.5) is 0 Å². The maximum Gasteiger partial charge on any atom is 0.253 e. The van der Waals surface area contributed by atoms with E-state index in [0.717, 1.165) is 15.2 Å². The molecule has 116 valence electrons. The van der Waals surface area contributed by atoms with Crippen molar-refractivity contribution >= 4 is 47.8 Å². The number of hydrogen-bond donors (Lipinski definition) is 1. The van der Waals surface area contributed by atoms with Gasteiger partial charge in [-0.25, -0.2) is 13.1 Å². The summed E-state index contributed by atoms with van der Waals surface area (Å²) in [6.45, 7) is 1.10. The third kappa shape index (κ3) is 5.05. The van der Waals surface area contributed by atoms with E-state index in [1.54, 1.807) is 17.0 Å². The molecule has 0 aromatic heterocycles. The highest BCUT2D eigenvalue weighted by molar-refractivity contribution is 9.11. The smallest absolute Gasteiger partial charge is 0.253 e. The Morgan fingerprint density at radius 1 is 1.19 bits per heavy atom. The first-order valence-corrected chi connectivity index (χ1v) is 9.95. The lowest BCUT2D eigenvalue weighted by Crippen LogP contribution is -2.46. The molecule has 0 atom stereocenters. The summed E-state index contributed by atoms with van der Waals surface area (Å²) >= 11 is 6.74. The summed E-state index contributed by atoms with van der Waals surface area (Å²) < 4.78 is 26.7. The summed E-state index contributed by atoms with van der Waals surface area (Å²) in [5.74, 6) is -0.0326. The number of hydrogen-bond acceptors (Lipinski definition) is 3. The third-order valence-electron chi connectivity index (χ3n) is 3.27. The summed E-state index contributed by atoms with van der Waals surface area (Å²) in [6.07, 6.45) is 2.42. The lowest BCUT2D eigenvalue weighted by molar-refractivity contribution is 0.0711. The van der Waals surface area contributed by atoms with Gasteiger partial charge < -0.3 is 4.90 Å². The van der Waals surface area contributed by atoms with E-state index in [4.69, 9.17) is 0 Å². The van der Waals surface area contributed by atoms with Crippen molar-refractivity contribution < 1.29 is 13.2 Å². The molecule has 0 spiro atoms. The minimum Gasteiger partial charge on any atom is -0.339 e. The monoisotopic (exact) mass is 438 g/mol. The van der Waals surface area contributed by atoms with Gasteiger partial charge in [0.05, 0.1) is 6.26 Å². The van der Waals surface area contributed by atoms with Gasteiger partial charge in [-0.2, -0.15) is 0 Å². The van der Waals surface area contributed by atoms with Crippen LogP contribution in [0.2, 0.25) is 0 Å². The molecule has 0 bridgehead atoms. The van der Waals surface area contributed by atoms with Crippen LogP contribution in [0.5, 0.6) is 0 Å². The minimum absolute atomic E-state index is 0.0326. The topological polar surface area (TPSA) is 66.5 Å². The van der Waals surface area contributed by atoms with Gasteiger partial charge in [0.1, 0.15) is 0 Å². The molecule has 1 saturated heterocycles. The fourth-order valence-corrected chi connectivity index (χ4v) is 4.50. The Bertz CT molecular complexity index is 621. The summed E-state index contributed by atoms with van der Waals surface area (Å²) in [4.78, 5) is 14.2. The molecule has 0 unspecified atom stereocenters. The zero-order chi connectivity index (χ0) is 15.6. The van der Waals surface area contributed by atoms with Crippen LogP contribution in [0.25, 0.3) is 0 Å². The Labute approximate surface area is 141 Å². The zero-order valence-corrected chi connectivity index (χ0v) is 15.5. The first-order chi connectivity index (χ1) is 9.74. The Morgan fingerprint density at radius 2 is 1.71 bits per heavy atom. The number of carbonyl (C=O) groups excluding carboxylic acids is 1. The van der Waals surface area contributed by atoms with Gasteiger partial charge >= 0.3 is 0 Å². The Morgan fingerprint density at radius 3 is 2.19 bits per heavy atom. The Hall–Kier alpha value is -0.440. The van der Waals surface area contributed by atoms with Crippen LogP contribution >= 0.6 is 31.9 Å². The zero-order valence-electron chi connectivity index (χ0n) is 11.5. The average molecular weight is 440 g/mol. The van der Waals surface area contributed by atoms with Crippen molar-refractivity contribution in [2.45, 2.75) is 18.9 Å². The quantitative estimate of drug-likeness (QED) is 0.786. The Balaban J connectivity index is 2.00. The SMILES string of the molecule is CS(=O)(=O)NC1CCN(C(=O)c2cc(Br)cc(Br)c2)CC1. The standard InChI is InChI=1S/C13H16Br2N2O3S/c1-21(19,20)16-12-2-4-17(5-3-12)13(18)9-6-10(14)8-11(15)7-9/h6-8,12,16H,2-5H2,1H3. The molecule has 2 rings (SSSR count). The van der Waals surface area contributed by atoms with Crippen LogP contribution in [0.3, 0.4) is 0 Å². The van der Waals surface area contributed by atoms with Crippen LogP contribution in [0.15, 0.2) is 27.1 Å². The number of piperidine rings is 1. The lowest BCUT2D eigenvalue weighted by Gasteiger charge is -2.32. The molecule has 21 heavy (non-hydrogen) atoms. The van der Waals surface area contributed by atoms with Crippen molar-refractivity contribution in [2.75, 3.05) is 19.3 Å². The molecule has 5 nitrogen and oxygen atoms in total. The second-order valence-corrected chi connectivity index (χ2v) is 8.73. The van der Waals surface area contributed by atoms with Crippen molar-refractivity contribution in [3.63, 3.8) is 0 Å². The van der Waals surface area contributed by atoms with Gasteiger partial charge in [-0.1, -0.05) is 31.9 Å². The number of rotatable bonds is 3. The normalized spacial score (nSPS) is 17.0. The molecule has 1 fully saturated rings. The minimum atomic E-state index is -3.19. The number of nitrogens with zero attached hydrogens (tertiary/aromatic N) is 1. The van der Waals surface area contributed by atoms with Gasteiger partial charge in [0, 0.05) is 33.6 Å². The predicted octanol–water partition coefficient (Wildman–Crippen LogP) is 2.37. The summed E-state index contributed by atoms with van der Waals surface area (Å²) in [7, 11) is -3.19. The van der Waals surface area contributed by atoms with Crippen LogP contribution in [-0.2, 0) is 10.0 Å². The van der Waals surface area contributed by atoms with Gasteiger partial charge in [0.2, 0.25) is 10.0 Å². The number of likely N-dealkylation sites (tertiary alicyclic amines) is 1. The van der Waals surface area contributed by atoms with Gasteiger partial charge in [-0.05, 0) is 31.0 Å². The first kappa shape index (κ1) is 16.9. The first-order valence-electron chi connectivity index (χ1n) is 6.47. The van der Waals surface area contributed by atoms with Crippen LogP contribution in [0, 0.1) is 0 Å². The van der Waals surface area contributed by atoms with E-state index < -0.39 is 10.0 Å². The van der Waals surface area contributed by atoms with Crippen molar-refractivity contribution in [3.8, 4) is 0 Å². The van der Waals surface area contributed by atoms with E-state index >= 15 is 0 Å². The van der Waals surface area contributed by atoms with Gasteiger partial charge in [-0.3, -0.25) is 4.79 Å². The van der Waals surface area contributed by atoms with Crippen molar-refractivity contribution in [1.82, 2.24) is 9.62 Å². The van der Waals surface area contributed by atoms with Crippen molar-refractivity contribution in [3.05, 3.63) is 32.7 Å². The number of carbonyl (C=O) groups is 1. The molecule has 1 aromatic rings. The fourth-order valence-electron chi connectivity index (χ4n) is 2.36. The second kappa shape index (κ2) is 6.76. The average Bonchev–Trinajstić information content (AvgIpc) is 2.35. The van der Waals surface area contributed by atoms with Crippen LogP contribution in [-0.4, -0.2) is 44.6 Å². The van der Waals surface area contributed by atoms with E-state index in [0.29, 0.717) is 31.5 Å². The number of sulfonamides is 1. The predicted molar refractivity (Wildman–Crippen MR) is 88.7 cm³/mol. The molecular weight excluding hydrogens is 424 g/mol. The maximum absolute atomic E-state index is 12.4. The number of nitrogens with one attached hydrogen (secondary N) is 1. The molecule has 1 aliphatic heterocycles. The van der Waals surface area contributed by atoms with E-state index in [1.165, 1.54) is 0 Å². The van der Waals surface area contributed by atoms with Crippen molar-refractivity contribution in [2.24, 2.45) is 0 Å². The molecule has 8 heteroatoms. The molecule has 0 radical (unpaired) electrons. The lowest BCUT2D eigenvalue weighted by atomic mass is 10.0. The van der Waals surface area contributed by atoms with Crippen LogP contribution < -0.4 is 4.72 Å². The fraction of sp³-hybridized carbons (Fsp3) is 0.462. The molecule has 1 aliphatic rings. The summed E-state index contributed by atoms with van der Waals surface area (Å²) in [5.41, 5.74) is 0.616. The molecule has 1 aromatic carbocycles. The highest BCUT2D eigenvalue weighted by Crippen LogP contribution is 2.22. The second-order valence-electron chi connectivity index (χ2n) is 5.11. The molecule has 0 aliphatic carbocycles. The number of benzene rings is 1. The van der Waals surface area contributed by atoms with Crippen molar-refractivity contribution in [1.29, 1.82) is 0 Å². The highest BCUT2D eigenvalue weighted by Gasteiger charge is 2.25. The number of halogens is 2. The largest absolute Gasteiger partial charge is 0.339 e. The van der Waals surface area contributed by atoms with E-state index in [9.17, 15) is 13.2 Å². The number of amides is 1. The van der Waals surface area contributed by atoms with E-state index in [-0.39, 0.29) is 11.9 Å². The van der Waals surface area contributed by atoms with E-state index in [1.807, 2.05) is 6.07 Å². The van der Waals surface area contributed by atoms with Crippen LogP contribution in [0.1, 0.15) is 23.2 Å². The maximum atomic E-state index is 12.4. The molecular formula is C13H16Br2N2O3S. The summed E-state index contributed by atoms with van der Waals surface area (Å²) in [6, 6.07) is 5.36. The molecule has 1 amide bonds. The molecule has 1 heterocycles. The highest BCUT2D eigenvalue weighted by atomic mass is 79.9. The van der Waals surface area contributed by atoms with Gasteiger partial charge in [0.25, 0.3) is 5.91 Å². The van der Waals surface area contributed by atoms with Gasteiger partial charge in [-0.15, -0.1) is 0 Å². The molecule has 1 N–H and O–H groups in total. The third-order valence-corrected chi connectivity index (χ3v) is 4.95. The summed E-state index contributed by atoms with van der Waals surface area (Å²) in [5, 5.41) is 0. The Kier molecular flexibility index (Phi) is 5.45. The van der Waals surface area contributed by atoms with Gasteiger partial charge in [0.15, 0.2) is 0 Å².